The van der Waals surface area contributed by atoms with Crippen LogP contribution in [0.3, 0.4) is 0 Å². The standard InChI is InChI=1S/C17H20N2O2S/c1-4-5-9-22-17-13(10-18)16(14-7-6-8-21-14)15(12(3)20)11(2)19-17/h6-8,13,16H,4-5,9H2,1-3H3/t13?,16-/m1/s1. The minimum atomic E-state index is -0.462. The predicted octanol–water partition coefficient (Wildman–Crippen LogP) is 4.31. The van der Waals surface area contributed by atoms with Crippen LogP contribution in [0.4, 0.5) is 0 Å². The zero-order valence-electron chi connectivity index (χ0n) is 13.1. The lowest BCUT2D eigenvalue weighted by Gasteiger charge is -2.28. The molecule has 0 fully saturated rings. The average Bonchev–Trinajstić information content (AvgIpc) is 3.00. The van der Waals surface area contributed by atoms with Gasteiger partial charge in [0.1, 0.15) is 11.7 Å². The Hall–Kier alpha value is -1.80. The van der Waals surface area contributed by atoms with Crippen LogP contribution in [0.25, 0.3) is 0 Å². The first-order valence-corrected chi connectivity index (χ1v) is 8.44. The van der Waals surface area contributed by atoms with E-state index in [-0.39, 0.29) is 11.7 Å². The maximum absolute atomic E-state index is 12.1. The number of hydrogen-bond acceptors (Lipinski definition) is 5. The Morgan fingerprint density at radius 3 is 2.86 bits per heavy atom. The molecule has 2 heterocycles. The number of allylic oxidation sites excluding steroid dienone is 2. The lowest BCUT2D eigenvalue weighted by Crippen LogP contribution is -2.27. The number of hydrogen-bond donors (Lipinski definition) is 0. The number of nitrogens with zero attached hydrogens (tertiary/aromatic N) is 2. The topological polar surface area (TPSA) is 66.4 Å². The molecule has 0 amide bonds. The van der Waals surface area contributed by atoms with Crippen molar-refractivity contribution in [1.29, 1.82) is 5.26 Å². The molecule has 0 saturated carbocycles. The van der Waals surface area contributed by atoms with Crippen LogP contribution >= 0.6 is 11.8 Å². The van der Waals surface area contributed by atoms with Gasteiger partial charge in [-0.15, -0.1) is 11.8 Å². The van der Waals surface area contributed by atoms with E-state index >= 15 is 0 Å². The van der Waals surface area contributed by atoms with Crippen molar-refractivity contribution < 1.29 is 9.21 Å². The third kappa shape index (κ3) is 3.33. The molecule has 2 rings (SSSR count). The number of aliphatic imine (C=N–C) groups is 1. The number of thioether (sulfide) groups is 1. The summed E-state index contributed by atoms with van der Waals surface area (Å²) in [4.78, 5) is 16.6. The molecule has 0 aromatic carbocycles. The molecular weight excluding hydrogens is 296 g/mol. The van der Waals surface area contributed by atoms with E-state index in [0.717, 1.165) is 23.6 Å². The van der Waals surface area contributed by atoms with Gasteiger partial charge in [-0.1, -0.05) is 13.3 Å². The Kier molecular flexibility index (Phi) is 5.62. The molecule has 0 N–H and O–H groups in total. The largest absolute Gasteiger partial charge is 0.469 e. The molecule has 0 spiro atoms. The number of carbonyl (C=O) groups is 1. The van der Waals surface area contributed by atoms with E-state index in [0.29, 0.717) is 17.0 Å². The van der Waals surface area contributed by atoms with Crippen LogP contribution in [0.5, 0.6) is 0 Å². The van der Waals surface area contributed by atoms with Crippen LogP contribution in [-0.2, 0) is 4.79 Å². The van der Waals surface area contributed by atoms with Crippen molar-refractivity contribution in [3.63, 3.8) is 0 Å². The number of unbranched alkanes of at least 4 members (excludes halogenated alkanes) is 1. The van der Waals surface area contributed by atoms with Gasteiger partial charge in [-0.05, 0) is 38.2 Å². The Morgan fingerprint density at radius 1 is 1.55 bits per heavy atom. The van der Waals surface area contributed by atoms with Gasteiger partial charge in [0.2, 0.25) is 0 Å². The zero-order valence-corrected chi connectivity index (χ0v) is 13.9. The SMILES string of the molecule is CCCCSC1=NC(C)=C(C(C)=O)[C@@H](c2ccco2)C1C#N. The van der Waals surface area contributed by atoms with E-state index in [9.17, 15) is 10.1 Å². The summed E-state index contributed by atoms with van der Waals surface area (Å²) in [7, 11) is 0. The number of rotatable bonds is 5. The number of carbonyl (C=O) groups excluding carboxylic acids is 1. The van der Waals surface area contributed by atoms with E-state index < -0.39 is 5.92 Å². The highest BCUT2D eigenvalue weighted by molar-refractivity contribution is 8.14. The second-order valence-corrected chi connectivity index (χ2v) is 6.42. The van der Waals surface area contributed by atoms with Crippen molar-refractivity contribution in [2.45, 2.75) is 39.5 Å². The summed E-state index contributed by atoms with van der Waals surface area (Å²) in [5.74, 6) is 0.705. The molecule has 0 bridgehead atoms. The molecule has 5 heteroatoms. The summed E-state index contributed by atoms with van der Waals surface area (Å²) in [5.41, 5.74) is 1.28. The van der Waals surface area contributed by atoms with E-state index in [4.69, 9.17) is 4.42 Å². The van der Waals surface area contributed by atoms with Crippen LogP contribution in [0, 0.1) is 17.2 Å². The van der Waals surface area contributed by atoms with Crippen molar-refractivity contribution in [3.05, 3.63) is 35.4 Å². The molecule has 1 aromatic heterocycles. The lowest BCUT2D eigenvalue weighted by molar-refractivity contribution is -0.114. The summed E-state index contributed by atoms with van der Waals surface area (Å²) in [6.07, 6.45) is 3.76. The molecule has 0 saturated heterocycles. The third-order valence-corrected chi connectivity index (χ3v) is 4.83. The molecular formula is C17H20N2O2S. The van der Waals surface area contributed by atoms with Gasteiger partial charge in [0.05, 0.1) is 23.3 Å². The fraction of sp³-hybridized carbons (Fsp3) is 0.471. The number of nitriles is 1. The van der Waals surface area contributed by atoms with Crippen LogP contribution in [0.2, 0.25) is 0 Å². The summed E-state index contributed by atoms with van der Waals surface area (Å²) in [5, 5.41) is 10.4. The molecule has 0 radical (unpaired) electrons. The molecule has 0 aliphatic carbocycles. The number of ketones is 1. The number of furan rings is 1. The summed E-state index contributed by atoms with van der Waals surface area (Å²) >= 11 is 1.61. The minimum absolute atomic E-state index is 0.0551. The quantitative estimate of drug-likeness (QED) is 0.759. The smallest absolute Gasteiger partial charge is 0.158 e. The molecule has 4 nitrogen and oxygen atoms in total. The van der Waals surface area contributed by atoms with Crippen molar-refractivity contribution in [2.24, 2.45) is 10.9 Å². The minimum Gasteiger partial charge on any atom is -0.469 e. The van der Waals surface area contributed by atoms with Crippen molar-refractivity contribution in [2.75, 3.05) is 5.75 Å². The Labute approximate surface area is 135 Å². The van der Waals surface area contributed by atoms with Crippen LogP contribution in [0.15, 0.2) is 39.1 Å². The molecule has 1 aliphatic rings. The van der Waals surface area contributed by atoms with E-state index in [1.54, 1.807) is 24.1 Å². The zero-order chi connectivity index (χ0) is 16.1. The van der Waals surface area contributed by atoms with Gasteiger partial charge < -0.3 is 4.42 Å². The molecule has 1 aromatic rings. The molecule has 2 atom stereocenters. The molecule has 22 heavy (non-hydrogen) atoms. The van der Waals surface area contributed by atoms with Crippen molar-refractivity contribution >= 4 is 22.6 Å². The summed E-state index contributed by atoms with van der Waals surface area (Å²) < 4.78 is 5.51. The fourth-order valence-electron chi connectivity index (χ4n) is 2.65. The van der Waals surface area contributed by atoms with Gasteiger partial charge in [0.25, 0.3) is 0 Å². The maximum Gasteiger partial charge on any atom is 0.158 e. The first kappa shape index (κ1) is 16.6. The van der Waals surface area contributed by atoms with E-state index in [1.807, 2.05) is 13.0 Å². The van der Waals surface area contributed by atoms with Crippen LogP contribution in [0.1, 0.15) is 45.3 Å². The van der Waals surface area contributed by atoms with Gasteiger partial charge in [0, 0.05) is 11.3 Å². The van der Waals surface area contributed by atoms with E-state index in [2.05, 4.69) is 18.0 Å². The number of Topliss-reactive ketones (excluding diaryl/α,β-unsaturated/α-hetero) is 1. The van der Waals surface area contributed by atoms with Crippen LogP contribution in [-0.4, -0.2) is 16.6 Å². The Balaban J connectivity index is 2.44. The fourth-order valence-corrected chi connectivity index (χ4v) is 3.86. The van der Waals surface area contributed by atoms with Gasteiger partial charge in [-0.3, -0.25) is 4.79 Å². The highest BCUT2D eigenvalue weighted by Crippen LogP contribution is 2.41. The highest BCUT2D eigenvalue weighted by atomic mass is 32.2. The maximum atomic E-state index is 12.1. The Bertz CT molecular complexity index is 638. The third-order valence-electron chi connectivity index (χ3n) is 3.69. The van der Waals surface area contributed by atoms with Gasteiger partial charge in [0.15, 0.2) is 5.78 Å². The Morgan fingerprint density at radius 2 is 2.32 bits per heavy atom. The van der Waals surface area contributed by atoms with Crippen LogP contribution < -0.4 is 0 Å². The molecule has 1 unspecified atom stereocenters. The highest BCUT2D eigenvalue weighted by Gasteiger charge is 2.38. The first-order chi connectivity index (χ1) is 10.6. The van der Waals surface area contributed by atoms with Crippen molar-refractivity contribution in [1.82, 2.24) is 0 Å². The van der Waals surface area contributed by atoms with E-state index in [1.165, 1.54) is 6.92 Å². The van der Waals surface area contributed by atoms with Gasteiger partial charge >= 0.3 is 0 Å². The summed E-state index contributed by atoms with van der Waals surface area (Å²) in [6, 6.07) is 5.94. The average molecular weight is 316 g/mol. The first-order valence-electron chi connectivity index (χ1n) is 7.46. The predicted molar refractivity (Wildman–Crippen MR) is 88.7 cm³/mol. The normalized spacial score (nSPS) is 21.5. The molecule has 1 aliphatic heterocycles. The van der Waals surface area contributed by atoms with Gasteiger partial charge in [-0.2, -0.15) is 5.26 Å². The lowest BCUT2D eigenvalue weighted by atomic mass is 9.80. The second-order valence-electron chi connectivity index (χ2n) is 5.31. The second kappa shape index (κ2) is 7.46. The summed E-state index contributed by atoms with van der Waals surface area (Å²) in [6.45, 7) is 5.49. The van der Waals surface area contributed by atoms with Gasteiger partial charge in [-0.25, -0.2) is 4.99 Å². The monoisotopic (exact) mass is 316 g/mol. The van der Waals surface area contributed by atoms with Crippen molar-refractivity contribution in [3.8, 4) is 6.07 Å². The molecule has 116 valence electrons.